The zero-order valence-corrected chi connectivity index (χ0v) is 11.9. The minimum absolute atomic E-state index is 0. The van der Waals surface area contributed by atoms with Gasteiger partial charge in [0.05, 0.1) is 5.57 Å². The monoisotopic (exact) mass is 271 g/mol. The molecule has 0 saturated carbocycles. The third kappa shape index (κ3) is 5.41. The minimum Gasteiger partial charge on any atom is -0.478 e. The van der Waals surface area contributed by atoms with Crippen molar-refractivity contribution in [2.24, 2.45) is 0 Å². The van der Waals surface area contributed by atoms with Crippen LogP contribution in [0.4, 0.5) is 0 Å². The van der Waals surface area contributed by atoms with Crippen LogP contribution >= 0.6 is 12.4 Å². The topological polar surface area (TPSA) is 40.5 Å². The molecule has 0 amide bonds. The largest absolute Gasteiger partial charge is 0.478 e. The average molecular weight is 272 g/mol. The summed E-state index contributed by atoms with van der Waals surface area (Å²) in [5, 5.41) is 8.83. The van der Waals surface area contributed by atoms with Crippen LogP contribution in [0.15, 0.2) is 35.6 Å². The number of aliphatic carboxylic acids is 1. The summed E-state index contributed by atoms with van der Waals surface area (Å²) in [5.74, 6) is -0.848. The molecule has 1 N–H and O–H groups in total. The Hall–Kier alpha value is -1.22. The van der Waals surface area contributed by atoms with E-state index in [4.69, 9.17) is 5.11 Å². The smallest absolute Gasteiger partial charge is 0.335 e. The van der Waals surface area contributed by atoms with Crippen molar-refractivity contribution in [2.75, 3.05) is 13.1 Å². The number of carboxylic acid groups (broad SMARTS) is 1. The second-order valence-electron chi connectivity index (χ2n) is 4.24. The van der Waals surface area contributed by atoms with Gasteiger partial charge in [-0.25, -0.2) is 4.79 Å². The lowest BCUT2D eigenvalue weighted by atomic mass is 10.0. The molecule has 0 heterocycles. The molecule has 4 heteroatoms. The maximum atomic E-state index is 10.7. The van der Waals surface area contributed by atoms with Gasteiger partial charge in [-0.15, -0.1) is 12.4 Å². The maximum absolute atomic E-state index is 10.7. The van der Waals surface area contributed by atoms with Crippen LogP contribution in [-0.2, 0) is 4.79 Å². The summed E-state index contributed by atoms with van der Waals surface area (Å²) < 4.78 is 0. The van der Waals surface area contributed by atoms with Gasteiger partial charge in [-0.3, -0.25) is 0 Å². The zero-order chi connectivity index (χ0) is 12.7. The Kier molecular flexibility index (Phi) is 8.21. The first kappa shape index (κ1) is 16.8. The van der Waals surface area contributed by atoms with Crippen LogP contribution in [0.25, 0.3) is 0 Å². The van der Waals surface area contributed by atoms with Gasteiger partial charge in [0, 0.05) is 19.3 Å². The van der Waals surface area contributed by atoms with Crippen molar-refractivity contribution in [3.63, 3.8) is 0 Å². The number of carboxylic acids is 1. The summed E-state index contributed by atoms with van der Waals surface area (Å²) in [4.78, 5) is 13.0. The van der Waals surface area contributed by atoms with Crippen molar-refractivity contribution in [1.29, 1.82) is 0 Å². The van der Waals surface area contributed by atoms with Crippen LogP contribution in [0, 0.1) is 0 Å². The summed E-state index contributed by atoms with van der Waals surface area (Å²) >= 11 is 0. The van der Waals surface area contributed by atoms with Gasteiger partial charge in [-0.2, -0.15) is 0 Å². The third-order valence-electron chi connectivity index (χ3n) is 2.65. The van der Waals surface area contributed by atoms with Crippen LogP contribution < -0.4 is 0 Å². The van der Waals surface area contributed by atoms with Crippen molar-refractivity contribution in [2.45, 2.75) is 33.1 Å². The number of carbonyl (C=O) groups is 1. The number of hydrogen-bond donors (Lipinski definition) is 1. The van der Waals surface area contributed by atoms with Crippen LogP contribution in [0.3, 0.4) is 0 Å². The molecule has 3 nitrogen and oxygen atoms in total. The van der Waals surface area contributed by atoms with Gasteiger partial charge < -0.3 is 10.0 Å². The minimum atomic E-state index is -0.848. The standard InChI is InChI=1S/C14H21NO2.ClH/c1-3-9-15(10-4-2)11-12-5-7-13(8-6-12)14(16)17;/h5,7-8,11H,3-4,6,9-10H2,1-2H3,(H,16,17);1H. The molecule has 0 saturated heterocycles. The Morgan fingerprint density at radius 1 is 1.33 bits per heavy atom. The quantitative estimate of drug-likeness (QED) is 0.805. The van der Waals surface area contributed by atoms with E-state index in [0.29, 0.717) is 12.0 Å². The number of allylic oxidation sites excluding steroid dienone is 3. The Bertz CT molecular complexity index is 353. The molecule has 0 fully saturated rings. The van der Waals surface area contributed by atoms with E-state index < -0.39 is 5.97 Å². The van der Waals surface area contributed by atoms with Crippen molar-refractivity contribution >= 4 is 18.4 Å². The van der Waals surface area contributed by atoms with Crippen LogP contribution in [0.2, 0.25) is 0 Å². The lowest BCUT2D eigenvalue weighted by molar-refractivity contribution is -0.132. The first-order valence-corrected chi connectivity index (χ1v) is 6.23. The lowest BCUT2D eigenvalue weighted by Crippen LogP contribution is -2.19. The molecule has 102 valence electrons. The predicted octanol–water partition coefficient (Wildman–Crippen LogP) is 3.39. The summed E-state index contributed by atoms with van der Waals surface area (Å²) in [6.07, 6.45) is 10.5. The van der Waals surface area contributed by atoms with Gasteiger partial charge in [0.2, 0.25) is 0 Å². The summed E-state index contributed by atoms with van der Waals surface area (Å²) in [6.45, 7) is 6.45. The summed E-state index contributed by atoms with van der Waals surface area (Å²) in [6, 6.07) is 0. The van der Waals surface area contributed by atoms with E-state index in [2.05, 4.69) is 24.9 Å². The molecule has 0 atom stereocenters. The first-order valence-electron chi connectivity index (χ1n) is 6.23. The van der Waals surface area contributed by atoms with Crippen molar-refractivity contribution in [3.05, 3.63) is 35.6 Å². The van der Waals surface area contributed by atoms with Gasteiger partial charge in [-0.05, 0) is 30.9 Å². The second-order valence-corrected chi connectivity index (χ2v) is 4.24. The zero-order valence-electron chi connectivity index (χ0n) is 11.1. The van der Waals surface area contributed by atoms with E-state index in [9.17, 15) is 4.79 Å². The highest BCUT2D eigenvalue weighted by Gasteiger charge is 2.08. The SMILES string of the molecule is CCCN(C=C1C=CC(C(=O)O)=CC1)CCC.Cl. The van der Waals surface area contributed by atoms with Crippen molar-refractivity contribution in [1.82, 2.24) is 4.90 Å². The summed E-state index contributed by atoms with van der Waals surface area (Å²) in [7, 11) is 0. The highest BCUT2D eigenvalue weighted by atomic mass is 35.5. The Morgan fingerprint density at radius 2 is 1.94 bits per heavy atom. The van der Waals surface area contributed by atoms with Crippen LogP contribution in [-0.4, -0.2) is 29.1 Å². The van der Waals surface area contributed by atoms with Crippen LogP contribution in [0.1, 0.15) is 33.1 Å². The fraction of sp³-hybridized carbons (Fsp3) is 0.500. The molecular weight excluding hydrogens is 250 g/mol. The van der Waals surface area contributed by atoms with E-state index in [1.165, 1.54) is 5.57 Å². The molecule has 0 unspecified atom stereocenters. The molecule has 1 aliphatic carbocycles. The second kappa shape index (κ2) is 8.81. The molecule has 0 spiro atoms. The fourth-order valence-electron chi connectivity index (χ4n) is 1.86. The highest BCUT2D eigenvalue weighted by molar-refractivity contribution is 5.90. The molecule has 0 radical (unpaired) electrons. The van der Waals surface area contributed by atoms with E-state index >= 15 is 0 Å². The number of halogens is 1. The Labute approximate surface area is 115 Å². The van der Waals surface area contributed by atoms with E-state index in [1.807, 2.05) is 6.08 Å². The van der Waals surface area contributed by atoms with E-state index in [1.54, 1.807) is 12.2 Å². The fourth-order valence-corrected chi connectivity index (χ4v) is 1.86. The molecule has 1 aliphatic rings. The maximum Gasteiger partial charge on any atom is 0.335 e. The molecule has 0 aliphatic heterocycles. The van der Waals surface area contributed by atoms with Gasteiger partial charge in [0.1, 0.15) is 0 Å². The number of nitrogens with zero attached hydrogens (tertiary/aromatic N) is 1. The number of hydrogen-bond acceptors (Lipinski definition) is 2. The van der Waals surface area contributed by atoms with Crippen molar-refractivity contribution in [3.8, 4) is 0 Å². The van der Waals surface area contributed by atoms with Crippen LogP contribution in [0.5, 0.6) is 0 Å². The normalized spacial score (nSPS) is 16.1. The summed E-state index contributed by atoms with van der Waals surface area (Å²) in [5.41, 5.74) is 1.57. The molecule has 0 aromatic carbocycles. The lowest BCUT2D eigenvalue weighted by Gasteiger charge is -2.20. The molecule has 0 bridgehead atoms. The molecule has 1 rings (SSSR count). The first-order chi connectivity index (χ1) is 8.17. The average Bonchev–Trinajstić information content (AvgIpc) is 2.30. The predicted molar refractivity (Wildman–Crippen MR) is 77.0 cm³/mol. The molecule has 0 aromatic rings. The Balaban J connectivity index is 0.00000289. The molecule has 0 aromatic heterocycles. The van der Waals surface area contributed by atoms with Gasteiger partial charge in [-0.1, -0.05) is 26.0 Å². The van der Waals surface area contributed by atoms with Gasteiger partial charge in [0.25, 0.3) is 0 Å². The van der Waals surface area contributed by atoms with E-state index in [0.717, 1.165) is 25.9 Å². The van der Waals surface area contributed by atoms with Gasteiger partial charge in [0.15, 0.2) is 0 Å². The molecule has 18 heavy (non-hydrogen) atoms. The van der Waals surface area contributed by atoms with E-state index in [-0.39, 0.29) is 12.4 Å². The highest BCUT2D eigenvalue weighted by Crippen LogP contribution is 2.16. The third-order valence-corrected chi connectivity index (χ3v) is 2.65. The Morgan fingerprint density at radius 3 is 2.33 bits per heavy atom. The van der Waals surface area contributed by atoms with Crippen molar-refractivity contribution < 1.29 is 9.90 Å². The van der Waals surface area contributed by atoms with Gasteiger partial charge >= 0.3 is 5.97 Å². The molecular formula is C14H22ClNO2. The number of rotatable bonds is 6.